The van der Waals surface area contributed by atoms with Crippen molar-refractivity contribution in [3.63, 3.8) is 0 Å². The second kappa shape index (κ2) is 13.6. The summed E-state index contributed by atoms with van der Waals surface area (Å²) in [5.74, 6) is 1.37. The Balaban J connectivity index is 1.26. The molecule has 0 unspecified atom stereocenters. The average Bonchev–Trinajstić information content (AvgIpc) is 2.90. The van der Waals surface area contributed by atoms with Gasteiger partial charge in [-0.2, -0.15) is 0 Å². The number of rotatable bonds is 11. The van der Waals surface area contributed by atoms with Gasteiger partial charge in [0, 0.05) is 24.6 Å². The van der Waals surface area contributed by atoms with Crippen molar-refractivity contribution in [3.05, 3.63) is 65.0 Å². The highest BCUT2D eigenvalue weighted by molar-refractivity contribution is 6.61. The summed E-state index contributed by atoms with van der Waals surface area (Å²) in [6.45, 7) is 5.62. The van der Waals surface area contributed by atoms with Gasteiger partial charge in [0.25, 0.3) is 0 Å². The molecule has 0 radical (unpaired) electrons. The molecule has 2 nitrogen and oxygen atoms in total. The van der Waals surface area contributed by atoms with Gasteiger partial charge in [0.15, 0.2) is 0 Å². The fourth-order valence-corrected chi connectivity index (χ4v) is 5.87. The molecule has 1 saturated heterocycles. The largest absolute Gasteiger partial charge is 0.496 e. The molecule has 0 aromatic heterocycles. The minimum absolute atomic E-state index is 0.188. The molecule has 0 spiro atoms. The number of halogens is 1. The van der Waals surface area contributed by atoms with Crippen molar-refractivity contribution >= 4 is 12.6 Å². The molecule has 1 aliphatic carbocycles. The maximum atomic E-state index is 15.1. The van der Waals surface area contributed by atoms with Gasteiger partial charge in [0.2, 0.25) is 0 Å². The predicted molar refractivity (Wildman–Crippen MR) is 145 cm³/mol. The van der Waals surface area contributed by atoms with Crippen molar-refractivity contribution in [1.29, 1.82) is 0 Å². The quantitative estimate of drug-likeness (QED) is 0.241. The standard InChI is InChI=1S/C31H44BFO2/c1-3-5-7-9-24-11-15-26(16-12-24)28-19-20-30(31(33)21-28)32-34-22-29(23-35-32)27-17-13-25(14-18-27)10-8-6-4-2/h13-14,17-21,24,26,29H,3-12,15-16,22-23H2,1-2H3. The molecule has 2 aromatic rings. The van der Waals surface area contributed by atoms with Crippen LogP contribution in [0.3, 0.4) is 0 Å². The maximum Gasteiger partial charge on any atom is 0.496 e. The molecule has 2 aliphatic rings. The van der Waals surface area contributed by atoms with Crippen molar-refractivity contribution in [2.75, 3.05) is 13.2 Å². The molecular formula is C31H44BFO2. The Bertz CT molecular complexity index is 883. The Morgan fingerprint density at radius 3 is 2.09 bits per heavy atom. The van der Waals surface area contributed by atoms with Crippen LogP contribution in [-0.4, -0.2) is 20.3 Å². The summed E-state index contributed by atoms with van der Waals surface area (Å²) in [5, 5.41) is 0. The Labute approximate surface area is 213 Å². The SMILES string of the molecule is CCCCCc1ccc(C2COB(c3ccc(C4CCC(CCCCC)CC4)cc3F)OC2)cc1. The van der Waals surface area contributed by atoms with E-state index in [1.54, 1.807) is 6.07 Å². The Morgan fingerprint density at radius 2 is 1.43 bits per heavy atom. The zero-order chi connectivity index (χ0) is 24.5. The summed E-state index contributed by atoms with van der Waals surface area (Å²) >= 11 is 0. The number of hydrogen-bond acceptors (Lipinski definition) is 2. The monoisotopic (exact) mass is 478 g/mol. The Hall–Kier alpha value is -1.65. The van der Waals surface area contributed by atoms with Gasteiger partial charge < -0.3 is 9.31 Å². The molecule has 1 saturated carbocycles. The molecule has 190 valence electrons. The first-order chi connectivity index (χ1) is 17.2. The smallest absolute Gasteiger partial charge is 0.406 e. The van der Waals surface area contributed by atoms with Crippen LogP contribution in [0.5, 0.6) is 0 Å². The van der Waals surface area contributed by atoms with Crippen LogP contribution in [-0.2, 0) is 15.7 Å². The van der Waals surface area contributed by atoms with Crippen LogP contribution in [0.1, 0.15) is 113 Å². The molecule has 2 aromatic carbocycles. The first-order valence-corrected chi connectivity index (χ1v) is 14.3. The van der Waals surface area contributed by atoms with Crippen molar-refractivity contribution < 1.29 is 13.7 Å². The van der Waals surface area contributed by atoms with Crippen LogP contribution >= 0.6 is 0 Å². The third-order valence-corrected chi connectivity index (χ3v) is 8.23. The lowest BCUT2D eigenvalue weighted by Crippen LogP contribution is -2.45. The van der Waals surface area contributed by atoms with E-state index in [9.17, 15) is 0 Å². The zero-order valence-electron chi connectivity index (χ0n) is 21.9. The van der Waals surface area contributed by atoms with Crippen LogP contribution < -0.4 is 5.46 Å². The molecule has 4 heteroatoms. The molecule has 2 fully saturated rings. The summed E-state index contributed by atoms with van der Waals surface area (Å²) in [4.78, 5) is 0. The molecular weight excluding hydrogens is 434 g/mol. The van der Waals surface area contributed by atoms with Gasteiger partial charge >= 0.3 is 7.12 Å². The first kappa shape index (κ1) is 26.4. The molecule has 0 bridgehead atoms. The molecule has 0 N–H and O–H groups in total. The third-order valence-electron chi connectivity index (χ3n) is 8.23. The average molecular weight is 479 g/mol. The minimum atomic E-state index is -0.608. The number of unbranched alkanes of at least 4 members (excludes halogenated alkanes) is 4. The van der Waals surface area contributed by atoms with Gasteiger partial charge in [0.05, 0.1) is 0 Å². The summed E-state index contributed by atoms with van der Waals surface area (Å²) in [7, 11) is -0.608. The molecule has 0 amide bonds. The maximum absolute atomic E-state index is 15.1. The van der Waals surface area contributed by atoms with Gasteiger partial charge in [-0.3, -0.25) is 0 Å². The van der Waals surface area contributed by atoms with Gasteiger partial charge in [0.1, 0.15) is 5.82 Å². The fourth-order valence-electron chi connectivity index (χ4n) is 5.87. The van der Waals surface area contributed by atoms with Gasteiger partial charge in [-0.05, 0) is 73.1 Å². The highest BCUT2D eigenvalue weighted by atomic mass is 19.1. The lowest BCUT2D eigenvalue weighted by atomic mass is 9.73. The number of benzene rings is 2. The van der Waals surface area contributed by atoms with Crippen LogP contribution in [0, 0.1) is 11.7 Å². The lowest BCUT2D eigenvalue weighted by molar-refractivity contribution is 0.120. The molecule has 1 aliphatic heterocycles. The van der Waals surface area contributed by atoms with E-state index in [4.69, 9.17) is 9.31 Å². The van der Waals surface area contributed by atoms with Crippen molar-refractivity contribution in [1.82, 2.24) is 0 Å². The minimum Gasteiger partial charge on any atom is -0.406 e. The first-order valence-electron chi connectivity index (χ1n) is 14.3. The van der Waals surface area contributed by atoms with E-state index in [1.165, 1.54) is 81.8 Å². The fraction of sp³-hybridized carbons (Fsp3) is 0.613. The molecule has 4 rings (SSSR count). The molecule has 1 heterocycles. The second-order valence-electron chi connectivity index (χ2n) is 10.9. The van der Waals surface area contributed by atoms with E-state index in [0.717, 1.165) is 17.9 Å². The van der Waals surface area contributed by atoms with E-state index in [-0.39, 0.29) is 11.7 Å². The van der Waals surface area contributed by atoms with Crippen molar-refractivity contribution in [2.24, 2.45) is 5.92 Å². The van der Waals surface area contributed by atoms with Gasteiger partial charge in [-0.15, -0.1) is 0 Å². The highest BCUT2D eigenvalue weighted by Gasteiger charge is 2.33. The Kier molecular flexibility index (Phi) is 10.3. The van der Waals surface area contributed by atoms with E-state index in [1.807, 2.05) is 6.07 Å². The zero-order valence-corrected chi connectivity index (χ0v) is 21.9. The number of hydrogen-bond donors (Lipinski definition) is 0. The van der Waals surface area contributed by atoms with E-state index in [2.05, 4.69) is 44.2 Å². The van der Waals surface area contributed by atoms with Crippen LogP contribution in [0.2, 0.25) is 0 Å². The van der Waals surface area contributed by atoms with Crippen molar-refractivity contribution in [2.45, 2.75) is 103 Å². The summed E-state index contributed by atoms with van der Waals surface area (Å²) < 4.78 is 27.1. The summed E-state index contributed by atoms with van der Waals surface area (Å²) in [6.07, 6.45) is 15.2. The summed E-state index contributed by atoms with van der Waals surface area (Å²) in [5.41, 5.74) is 4.31. The molecule has 0 atom stereocenters. The normalized spacial score (nSPS) is 21.4. The number of aryl methyl sites for hydroxylation is 1. The second-order valence-corrected chi connectivity index (χ2v) is 10.9. The van der Waals surface area contributed by atoms with Crippen LogP contribution in [0.4, 0.5) is 4.39 Å². The van der Waals surface area contributed by atoms with Crippen LogP contribution in [0.15, 0.2) is 42.5 Å². The van der Waals surface area contributed by atoms with Gasteiger partial charge in [-0.25, -0.2) is 4.39 Å². The topological polar surface area (TPSA) is 18.5 Å². The molecule has 35 heavy (non-hydrogen) atoms. The third kappa shape index (κ3) is 7.43. The van der Waals surface area contributed by atoms with E-state index < -0.39 is 7.12 Å². The summed E-state index contributed by atoms with van der Waals surface area (Å²) in [6, 6.07) is 14.6. The van der Waals surface area contributed by atoms with Crippen LogP contribution in [0.25, 0.3) is 0 Å². The van der Waals surface area contributed by atoms with Crippen molar-refractivity contribution in [3.8, 4) is 0 Å². The van der Waals surface area contributed by atoms with E-state index >= 15 is 4.39 Å². The van der Waals surface area contributed by atoms with E-state index in [0.29, 0.717) is 24.6 Å². The highest BCUT2D eigenvalue weighted by Crippen LogP contribution is 2.38. The van der Waals surface area contributed by atoms with Gasteiger partial charge in [-0.1, -0.05) is 88.8 Å². The lowest BCUT2D eigenvalue weighted by Gasteiger charge is -2.30. The predicted octanol–water partition coefficient (Wildman–Crippen LogP) is 7.94. The Morgan fingerprint density at radius 1 is 0.771 bits per heavy atom.